The summed E-state index contributed by atoms with van der Waals surface area (Å²) in [5.41, 5.74) is 15.5. The lowest BCUT2D eigenvalue weighted by Crippen LogP contribution is -2.20. The molecule has 27 heavy (non-hydrogen) atoms. The van der Waals surface area contributed by atoms with E-state index in [1.54, 1.807) is 30.6 Å². The van der Waals surface area contributed by atoms with Crippen LogP contribution < -0.4 is 16.4 Å². The maximum Gasteiger partial charge on any atom is 0.181 e. The summed E-state index contributed by atoms with van der Waals surface area (Å²) in [6.45, 7) is 2.53. The molecule has 0 fully saturated rings. The Morgan fingerprint density at radius 1 is 1.48 bits per heavy atom. The van der Waals surface area contributed by atoms with Crippen LogP contribution in [0.2, 0.25) is 0 Å². The number of thioether (sulfide) groups is 1. The minimum atomic E-state index is 0.0781. The molecule has 1 atom stereocenters. The van der Waals surface area contributed by atoms with Crippen molar-refractivity contribution in [2.75, 3.05) is 25.8 Å². The first-order valence-corrected chi connectivity index (χ1v) is 10.0. The van der Waals surface area contributed by atoms with Crippen molar-refractivity contribution in [3.05, 3.63) is 58.2 Å². The zero-order chi connectivity index (χ0) is 19.8. The van der Waals surface area contributed by atoms with Gasteiger partial charge in [0.25, 0.3) is 0 Å². The van der Waals surface area contributed by atoms with Gasteiger partial charge in [-0.25, -0.2) is 4.98 Å². The fourth-order valence-electron chi connectivity index (χ4n) is 2.53. The van der Waals surface area contributed by atoms with Crippen molar-refractivity contribution in [2.24, 2.45) is 11.5 Å². The van der Waals surface area contributed by atoms with Crippen molar-refractivity contribution >= 4 is 40.1 Å². The Balaban J connectivity index is 2.30. The molecule has 0 saturated carbocycles. The van der Waals surface area contributed by atoms with E-state index in [0.717, 1.165) is 44.2 Å². The summed E-state index contributed by atoms with van der Waals surface area (Å²) in [4.78, 5) is 18.6. The Hall–Kier alpha value is -2.29. The van der Waals surface area contributed by atoms with Gasteiger partial charge in [-0.15, -0.1) is 11.3 Å². The first-order chi connectivity index (χ1) is 13.0. The van der Waals surface area contributed by atoms with Gasteiger partial charge < -0.3 is 21.1 Å². The number of ether oxygens (including phenoxy) is 1. The van der Waals surface area contributed by atoms with Crippen LogP contribution in [0, 0.1) is 0 Å². The third-order valence-corrected chi connectivity index (χ3v) is 5.67. The summed E-state index contributed by atoms with van der Waals surface area (Å²) >= 11 is 2.72. The topological polar surface area (TPSA) is 94.5 Å². The largest absolute Gasteiger partial charge is 0.405 e. The molecule has 6 nitrogen and oxygen atoms in total. The van der Waals surface area contributed by atoms with E-state index >= 15 is 0 Å². The molecule has 1 unspecified atom stereocenters. The Morgan fingerprint density at radius 3 is 2.93 bits per heavy atom. The molecule has 2 aromatic rings. The highest BCUT2D eigenvalue weighted by Crippen LogP contribution is 2.35. The van der Waals surface area contributed by atoms with Crippen molar-refractivity contribution in [3.8, 4) is 0 Å². The number of carbonyl (C=O) groups excluding carboxylic acids is 1. The molecule has 0 aliphatic rings. The summed E-state index contributed by atoms with van der Waals surface area (Å²) in [5, 5.41) is 2.89. The molecule has 0 amide bonds. The van der Waals surface area contributed by atoms with Crippen LogP contribution in [0.3, 0.4) is 0 Å². The predicted octanol–water partition coefficient (Wildman–Crippen LogP) is 3.39. The van der Waals surface area contributed by atoms with Crippen LogP contribution in [-0.4, -0.2) is 31.5 Å². The van der Waals surface area contributed by atoms with E-state index in [4.69, 9.17) is 16.2 Å². The first-order valence-electron chi connectivity index (χ1n) is 8.26. The van der Waals surface area contributed by atoms with E-state index in [1.165, 1.54) is 6.20 Å². The number of benzene rings is 1. The summed E-state index contributed by atoms with van der Waals surface area (Å²) in [6, 6.07) is 6.09. The van der Waals surface area contributed by atoms with E-state index in [1.807, 2.05) is 29.5 Å². The van der Waals surface area contributed by atoms with Crippen LogP contribution >= 0.6 is 23.1 Å². The molecule has 4 N–H and O–H groups in total. The second kappa shape index (κ2) is 10.1. The van der Waals surface area contributed by atoms with E-state index in [9.17, 15) is 4.79 Å². The monoisotopic (exact) mass is 404 g/mol. The predicted molar refractivity (Wildman–Crippen MR) is 114 cm³/mol. The zero-order valence-corrected chi connectivity index (χ0v) is 17.2. The van der Waals surface area contributed by atoms with Crippen LogP contribution in [0.4, 0.5) is 5.69 Å². The third-order valence-electron chi connectivity index (χ3n) is 3.97. The number of methoxy groups -OCH3 is 1. The van der Waals surface area contributed by atoms with Gasteiger partial charge in [-0.1, -0.05) is 24.8 Å². The van der Waals surface area contributed by atoms with Crippen LogP contribution in [0.5, 0.6) is 0 Å². The second-order valence-corrected chi connectivity index (χ2v) is 7.61. The highest BCUT2D eigenvalue weighted by molar-refractivity contribution is 8.12. The molecule has 1 heterocycles. The van der Waals surface area contributed by atoms with Gasteiger partial charge in [0.05, 0.1) is 17.1 Å². The molecule has 0 bridgehead atoms. The molecule has 0 saturated heterocycles. The Labute approximate surface area is 167 Å². The number of nitrogens with zero attached hydrogens (tertiary/aromatic N) is 2. The van der Waals surface area contributed by atoms with Crippen LogP contribution in [-0.2, 0) is 9.53 Å². The molecule has 1 aromatic heterocycles. The average molecular weight is 405 g/mol. The zero-order valence-electron chi connectivity index (χ0n) is 15.6. The maximum atomic E-state index is 11.1. The maximum absolute atomic E-state index is 11.1. The van der Waals surface area contributed by atoms with Gasteiger partial charge in [0.1, 0.15) is 11.7 Å². The highest BCUT2D eigenvalue weighted by Gasteiger charge is 2.17. The molecular formula is C19H24N4O2S2. The first kappa shape index (κ1) is 21.0. The Bertz CT molecular complexity index is 833. The van der Waals surface area contributed by atoms with E-state index in [2.05, 4.69) is 18.0 Å². The van der Waals surface area contributed by atoms with Crippen LogP contribution in [0.25, 0.3) is 5.70 Å². The fourth-order valence-corrected chi connectivity index (χ4v) is 4.10. The fraction of sp³-hybridized carbons (Fsp3) is 0.263. The minimum absolute atomic E-state index is 0.0781. The van der Waals surface area contributed by atoms with Crippen molar-refractivity contribution in [3.63, 3.8) is 0 Å². The van der Waals surface area contributed by atoms with Crippen LogP contribution in [0.1, 0.15) is 29.1 Å². The minimum Gasteiger partial charge on any atom is -0.405 e. The number of hydrogen-bond donors (Lipinski definition) is 2. The standard InChI is InChI=1S/C19H24N4O2S2/c1-13(19-22-16(10-26-19)15(21)5-4-8-20)14-6-7-17(23(2)11-25-3)18(9-14)27-12-24/h4-10,12-13H,11,20-21H2,1-3H3/b8-4-,15-5-. The highest BCUT2D eigenvalue weighted by atomic mass is 32.2. The summed E-state index contributed by atoms with van der Waals surface area (Å²) in [5.74, 6) is 0.0781. The SMILES string of the molecule is COCN(C)c1ccc(C(C)c2nc(/C(N)=C/C=C\N)cs2)cc1SC=O. The molecule has 0 aliphatic heterocycles. The van der Waals surface area contributed by atoms with Crippen molar-refractivity contribution in [2.45, 2.75) is 17.7 Å². The molecule has 2 rings (SSSR count). The lowest BCUT2D eigenvalue weighted by atomic mass is 10.0. The van der Waals surface area contributed by atoms with Crippen molar-refractivity contribution < 1.29 is 9.53 Å². The molecule has 0 radical (unpaired) electrons. The molecule has 1 aromatic carbocycles. The van der Waals surface area contributed by atoms with Gasteiger partial charge in [0.15, 0.2) is 5.62 Å². The number of thiazole rings is 1. The normalized spacial score (nSPS) is 13.1. The van der Waals surface area contributed by atoms with E-state index < -0.39 is 0 Å². The molecular weight excluding hydrogens is 380 g/mol. The van der Waals surface area contributed by atoms with Crippen molar-refractivity contribution in [1.29, 1.82) is 0 Å². The third kappa shape index (κ3) is 5.35. The van der Waals surface area contributed by atoms with Gasteiger partial charge in [0.2, 0.25) is 0 Å². The summed E-state index contributed by atoms with van der Waals surface area (Å²) in [7, 11) is 3.57. The number of rotatable bonds is 9. The molecule has 144 valence electrons. The van der Waals surface area contributed by atoms with E-state index in [-0.39, 0.29) is 5.92 Å². The summed E-state index contributed by atoms with van der Waals surface area (Å²) in [6.07, 6.45) is 4.83. The average Bonchev–Trinajstić information content (AvgIpc) is 3.16. The number of anilines is 1. The molecule has 0 spiro atoms. The van der Waals surface area contributed by atoms with Gasteiger partial charge >= 0.3 is 0 Å². The van der Waals surface area contributed by atoms with Gasteiger partial charge in [-0.2, -0.15) is 0 Å². The smallest absolute Gasteiger partial charge is 0.181 e. The molecule has 0 aliphatic carbocycles. The van der Waals surface area contributed by atoms with Gasteiger partial charge in [-0.3, -0.25) is 4.79 Å². The Morgan fingerprint density at radius 2 is 2.26 bits per heavy atom. The second-order valence-electron chi connectivity index (χ2n) is 5.86. The molecule has 8 heteroatoms. The number of allylic oxidation sites excluding steroid dienone is 2. The van der Waals surface area contributed by atoms with Crippen LogP contribution in [0.15, 0.2) is 46.8 Å². The number of carbonyl (C=O) groups is 1. The quantitative estimate of drug-likeness (QED) is 0.286. The number of hydrogen-bond acceptors (Lipinski definition) is 8. The number of aromatic nitrogens is 1. The van der Waals surface area contributed by atoms with Gasteiger partial charge in [-0.05, 0) is 36.0 Å². The van der Waals surface area contributed by atoms with E-state index in [0.29, 0.717) is 12.4 Å². The lowest BCUT2D eigenvalue weighted by molar-refractivity contribution is 0.202. The Kier molecular flexibility index (Phi) is 7.90. The number of nitrogens with two attached hydrogens (primary N) is 2. The summed E-state index contributed by atoms with van der Waals surface area (Å²) < 4.78 is 5.18. The van der Waals surface area contributed by atoms with Crippen molar-refractivity contribution in [1.82, 2.24) is 4.98 Å². The lowest BCUT2D eigenvalue weighted by Gasteiger charge is -2.22. The van der Waals surface area contributed by atoms with Gasteiger partial charge in [0, 0.05) is 30.4 Å².